The molecule has 0 unspecified atom stereocenters. The molecule has 2 aromatic rings. The van der Waals surface area contributed by atoms with Gasteiger partial charge in [-0.05, 0) is 59.1 Å². The Morgan fingerprint density at radius 2 is 1.58 bits per heavy atom. The number of carbonyl (C=O) groups is 1. The first-order valence-corrected chi connectivity index (χ1v) is 12.0. The van der Waals surface area contributed by atoms with Crippen molar-refractivity contribution in [3.05, 3.63) is 35.9 Å². The van der Waals surface area contributed by atoms with Crippen LogP contribution in [0.2, 0.25) is 0 Å². The molecule has 1 aromatic heterocycles. The molecule has 0 saturated carbocycles. The lowest BCUT2D eigenvalue weighted by atomic mass is 10.1. The van der Waals surface area contributed by atoms with Crippen molar-refractivity contribution in [1.29, 1.82) is 0 Å². The number of nitrogens with one attached hydrogen (secondary N) is 1. The largest absolute Gasteiger partial charge is 0.444 e. The monoisotopic (exact) mass is 452 g/mol. The van der Waals surface area contributed by atoms with Crippen molar-refractivity contribution in [3.63, 3.8) is 0 Å². The Morgan fingerprint density at radius 3 is 2.21 bits per heavy atom. The van der Waals surface area contributed by atoms with Gasteiger partial charge in [0.15, 0.2) is 0 Å². The zero-order valence-corrected chi connectivity index (χ0v) is 20.3. The molecule has 0 atom stereocenters. The van der Waals surface area contributed by atoms with Crippen molar-refractivity contribution in [1.82, 2.24) is 14.9 Å². The lowest BCUT2D eigenvalue weighted by Crippen LogP contribution is -2.50. The van der Waals surface area contributed by atoms with Gasteiger partial charge in [0.25, 0.3) is 0 Å². The maximum absolute atomic E-state index is 12.4. The summed E-state index contributed by atoms with van der Waals surface area (Å²) in [6.07, 6.45) is 3.39. The molecule has 1 amide bonds. The predicted octanol–water partition coefficient (Wildman–Crippen LogP) is 4.58. The Bertz CT molecular complexity index is 942. The van der Waals surface area contributed by atoms with Gasteiger partial charge >= 0.3 is 6.09 Å². The van der Waals surface area contributed by atoms with Crippen LogP contribution in [0.25, 0.3) is 0 Å². The first kappa shape index (κ1) is 23.1. The van der Waals surface area contributed by atoms with Gasteiger partial charge in [-0.25, -0.2) is 4.79 Å². The van der Waals surface area contributed by atoms with Crippen molar-refractivity contribution in [2.45, 2.75) is 52.6 Å². The molecular weight excluding hydrogens is 416 g/mol. The minimum absolute atomic E-state index is 0.258. The van der Waals surface area contributed by atoms with Crippen LogP contribution in [0.15, 0.2) is 30.3 Å². The number of hydrogen-bond donors (Lipinski definition) is 1. The molecule has 178 valence electrons. The quantitative estimate of drug-likeness (QED) is 0.728. The minimum atomic E-state index is -0.489. The Kier molecular flexibility index (Phi) is 6.91. The van der Waals surface area contributed by atoms with Crippen LogP contribution < -0.4 is 15.1 Å². The van der Waals surface area contributed by atoms with E-state index < -0.39 is 5.60 Å². The number of rotatable bonds is 4. The van der Waals surface area contributed by atoms with Crippen LogP contribution in [0.1, 0.15) is 45.6 Å². The third-order valence-corrected chi connectivity index (χ3v) is 5.92. The van der Waals surface area contributed by atoms with Crippen LogP contribution in [0.4, 0.5) is 28.1 Å². The van der Waals surface area contributed by atoms with E-state index in [0.29, 0.717) is 32.1 Å². The van der Waals surface area contributed by atoms with Gasteiger partial charge in [0, 0.05) is 51.0 Å². The molecule has 0 radical (unpaired) electrons. The molecule has 2 fully saturated rings. The van der Waals surface area contributed by atoms with Crippen LogP contribution in [0, 0.1) is 6.92 Å². The highest BCUT2D eigenvalue weighted by atomic mass is 16.6. The van der Waals surface area contributed by atoms with E-state index in [1.54, 1.807) is 4.90 Å². The lowest BCUT2D eigenvalue weighted by Gasteiger charge is -2.36. The number of amides is 1. The summed E-state index contributed by atoms with van der Waals surface area (Å²) in [4.78, 5) is 28.5. The Balaban J connectivity index is 1.51. The SMILES string of the molecule is Cc1ccc(Nc2cc(N3CCCCC3)nc(N3CCN(C(=O)OC(C)(C)C)CC3)n2)cc1. The van der Waals surface area contributed by atoms with Gasteiger partial charge in [0.1, 0.15) is 17.2 Å². The number of aryl methyl sites for hydroxylation is 1. The van der Waals surface area contributed by atoms with Gasteiger partial charge < -0.3 is 24.8 Å². The van der Waals surface area contributed by atoms with E-state index in [-0.39, 0.29) is 6.09 Å². The zero-order valence-electron chi connectivity index (χ0n) is 20.3. The van der Waals surface area contributed by atoms with Gasteiger partial charge in [-0.3, -0.25) is 0 Å². The van der Waals surface area contributed by atoms with Crippen LogP contribution in [-0.4, -0.2) is 65.8 Å². The van der Waals surface area contributed by atoms with Gasteiger partial charge in [-0.1, -0.05) is 17.7 Å². The predicted molar refractivity (Wildman–Crippen MR) is 133 cm³/mol. The number of piperazine rings is 1. The molecule has 2 saturated heterocycles. The summed E-state index contributed by atoms with van der Waals surface area (Å²) in [5.41, 5.74) is 1.74. The van der Waals surface area contributed by atoms with E-state index >= 15 is 0 Å². The number of ether oxygens (including phenoxy) is 1. The summed E-state index contributed by atoms with van der Waals surface area (Å²) >= 11 is 0. The second-order valence-corrected chi connectivity index (χ2v) is 9.90. The first-order chi connectivity index (χ1) is 15.8. The molecule has 8 nitrogen and oxygen atoms in total. The Morgan fingerprint density at radius 1 is 0.909 bits per heavy atom. The number of aromatic nitrogens is 2. The molecule has 0 aliphatic carbocycles. The smallest absolute Gasteiger partial charge is 0.410 e. The molecule has 33 heavy (non-hydrogen) atoms. The van der Waals surface area contributed by atoms with Gasteiger partial charge in [-0.2, -0.15) is 9.97 Å². The Hall–Kier alpha value is -3.03. The topological polar surface area (TPSA) is 73.8 Å². The fourth-order valence-corrected chi connectivity index (χ4v) is 4.11. The number of benzene rings is 1. The summed E-state index contributed by atoms with van der Waals surface area (Å²) in [5.74, 6) is 2.46. The highest BCUT2D eigenvalue weighted by Crippen LogP contribution is 2.26. The van der Waals surface area contributed by atoms with E-state index in [0.717, 1.165) is 30.4 Å². The highest BCUT2D eigenvalue weighted by Gasteiger charge is 2.27. The lowest BCUT2D eigenvalue weighted by molar-refractivity contribution is 0.0240. The van der Waals surface area contributed by atoms with E-state index in [9.17, 15) is 4.79 Å². The average molecular weight is 453 g/mol. The minimum Gasteiger partial charge on any atom is -0.444 e. The third-order valence-electron chi connectivity index (χ3n) is 5.92. The van der Waals surface area contributed by atoms with E-state index in [1.807, 2.05) is 26.8 Å². The molecule has 2 aliphatic heterocycles. The van der Waals surface area contributed by atoms with Crippen molar-refractivity contribution < 1.29 is 9.53 Å². The van der Waals surface area contributed by atoms with Crippen molar-refractivity contribution in [2.24, 2.45) is 0 Å². The molecule has 3 heterocycles. The third kappa shape index (κ3) is 6.27. The molecule has 2 aliphatic rings. The van der Waals surface area contributed by atoms with Crippen molar-refractivity contribution in [2.75, 3.05) is 54.4 Å². The molecule has 0 spiro atoms. The number of hydrogen-bond acceptors (Lipinski definition) is 7. The first-order valence-electron chi connectivity index (χ1n) is 12.0. The molecule has 4 rings (SSSR count). The van der Waals surface area contributed by atoms with Crippen LogP contribution in [0.5, 0.6) is 0 Å². The average Bonchev–Trinajstić information content (AvgIpc) is 2.80. The summed E-state index contributed by atoms with van der Waals surface area (Å²) < 4.78 is 5.53. The second-order valence-electron chi connectivity index (χ2n) is 9.90. The van der Waals surface area contributed by atoms with E-state index in [2.05, 4.69) is 46.3 Å². The number of nitrogens with zero attached hydrogens (tertiary/aromatic N) is 5. The summed E-state index contributed by atoms with van der Waals surface area (Å²) in [6, 6.07) is 10.4. The maximum atomic E-state index is 12.4. The van der Waals surface area contributed by atoms with Crippen molar-refractivity contribution >= 4 is 29.4 Å². The van der Waals surface area contributed by atoms with Gasteiger partial charge in [0.2, 0.25) is 5.95 Å². The zero-order chi connectivity index (χ0) is 23.4. The molecule has 1 N–H and O–H groups in total. The number of piperidine rings is 1. The molecule has 8 heteroatoms. The fourth-order valence-electron chi connectivity index (χ4n) is 4.11. The van der Waals surface area contributed by atoms with Crippen LogP contribution in [-0.2, 0) is 4.74 Å². The standard InChI is InChI=1S/C25H36N6O2/c1-19-8-10-20(11-9-19)26-21-18-22(29-12-6-5-7-13-29)28-23(27-21)30-14-16-31(17-15-30)24(32)33-25(2,3)4/h8-11,18H,5-7,12-17H2,1-4H3,(H,26,27,28). The van der Waals surface area contributed by atoms with Crippen LogP contribution >= 0.6 is 0 Å². The summed E-state index contributed by atoms with van der Waals surface area (Å²) in [6.45, 7) is 12.3. The Labute approximate surface area is 196 Å². The molecule has 1 aromatic carbocycles. The normalized spacial score (nSPS) is 17.2. The highest BCUT2D eigenvalue weighted by molar-refractivity contribution is 5.68. The van der Waals surface area contributed by atoms with Gasteiger partial charge in [-0.15, -0.1) is 0 Å². The molecular formula is C25H36N6O2. The molecule has 0 bridgehead atoms. The van der Waals surface area contributed by atoms with Crippen molar-refractivity contribution in [3.8, 4) is 0 Å². The van der Waals surface area contributed by atoms with Gasteiger partial charge in [0.05, 0.1) is 0 Å². The van der Waals surface area contributed by atoms with E-state index in [1.165, 1.54) is 24.8 Å². The van der Waals surface area contributed by atoms with Crippen LogP contribution in [0.3, 0.4) is 0 Å². The number of anilines is 4. The summed E-state index contributed by atoms with van der Waals surface area (Å²) in [5, 5.41) is 3.45. The summed E-state index contributed by atoms with van der Waals surface area (Å²) in [7, 11) is 0. The van der Waals surface area contributed by atoms with E-state index in [4.69, 9.17) is 14.7 Å². The number of carbonyl (C=O) groups excluding carboxylic acids is 1. The maximum Gasteiger partial charge on any atom is 0.410 e. The second kappa shape index (κ2) is 9.85. The fraction of sp³-hybridized carbons (Fsp3) is 0.560.